The number of carbonyl (C=O) groups is 1. The van der Waals surface area contributed by atoms with Crippen molar-refractivity contribution >= 4 is 17.7 Å². The number of carbonyl (C=O) groups excluding carboxylic acids is 1. The van der Waals surface area contributed by atoms with Crippen molar-refractivity contribution < 1.29 is 38.8 Å². The Balaban J connectivity index is 1.67. The Morgan fingerprint density at radius 1 is 0.957 bits per heavy atom. The fourth-order valence-electron chi connectivity index (χ4n) is 4.76. The molecule has 0 atom stereocenters. The van der Waals surface area contributed by atoms with Crippen LogP contribution in [-0.4, -0.2) is 51.3 Å². The van der Waals surface area contributed by atoms with Gasteiger partial charge in [0.05, 0.1) is 19.3 Å². The van der Waals surface area contributed by atoms with E-state index in [2.05, 4.69) is 4.98 Å². The number of hydrogen-bond acceptors (Lipinski definition) is 5. The van der Waals surface area contributed by atoms with Crippen molar-refractivity contribution in [2.24, 2.45) is 0 Å². The summed E-state index contributed by atoms with van der Waals surface area (Å²) in [6, 6.07) is 5.35. The van der Waals surface area contributed by atoms with Crippen LogP contribution in [0.1, 0.15) is 64.7 Å². The third kappa shape index (κ3) is 8.70. The van der Waals surface area contributed by atoms with Crippen molar-refractivity contribution in [1.29, 1.82) is 0 Å². The summed E-state index contributed by atoms with van der Waals surface area (Å²) in [6.45, 7) is -11.0. The van der Waals surface area contributed by atoms with E-state index in [4.69, 9.17) is 11.0 Å². The van der Waals surface area contributed by atoms with Gasteiger partial charge in [-0.1, -0.05) is 74.1 Å². The van der Waals surface area contributed by atoms with Crippen LogP contribution in [0.2, 0.25) is 0 Å². The van der Waals surface area contributed by atoms with Gasteiger partial charge in [0.15, 0.2) is 5.16 Å². The molecule has 0 unspecified atom stereocenters. The third-order valence-electron chi connectivity index (χ3n) is 7.26. The predicted molar refractivity (Wildman–Crippen MR) is 177 cm³/mol. The van der Waals surface area contributed by atoms with Crippen LogP contribution in [-0.2, 0) is 42.6 Å². The zero-order valence-electron chi connectivity index (χ0n) is 37.4. The molecule has 1 aliphatic rings. The molecule has 1 aromatic heterocycles. The Kier molecular flexibility index (Phi) is 7.10. The number of alkyl halides is 3. The largest absolute Gasteiger partial charge is 0.416 e. The average Bonchev–Trinajstić information content (AvgIpc) is 3.66. The van der Waals surface area contributed by atoms with Gasteiger partial charge in [0.25, 0.3) is 5.56 Å². The molecular weight excluding hydrogens is 628 g/mol. The Bertz CT molecular complexity index is 2280. The minimum Gasteiger partial charge on any atom is -0.336 e. The van der Waals surface area contributed by atoms with E-state index in [1.165, 1.54) is 38.1 Å². The van der Waals surface area contributed by atoms with Crippen LogP contribution in [0, 0.1) is 5.82 Å². The Morgan fingerprint density at radius 3 is 2.21 bits per heavy atom. The molecule has 0 spiro atoms. The number of benzene rings is 3. The van der Waals surface area contributed by atoms with E-state index < -0.39 is 95.7 Å². The minimum absolute atomic E-state index is 0.00338. The smallest absolute Gasteiger partial charge is 0.336 e. The van der Waals surface area contributed by atoms with Gasteiger partial charge in [-0.15, -0.1) is 0 Å². The fraction of sp³-hybridized carbons (Fsp3) is 0.361. The lowest BCUT2D eigenvalue weighted by molar-refractivity contribution is -0.137. The van der Waals surface area contributed by atoms with Crippen molar-refractivity contribution in [3.8, 4) is 11.1 Å². The molecule has 47 heavy (non-hydrogen) atoms. The number of amides is 1. The first-order valence-electron chi connectivity index (χ1n) is 20.7. The monoisotopic (exact) mass is 678 g/mol. The normalized spacial score (nSPS) is 17.8. The summed E-state index contributed by atoms with van der Waals surface area (Å²) < 4.78 is 160. The quantitative estimate of drug-likeness (QED) is 0.0850. The Hall–Kier alpha value is -3.96. The van der Waals surface area contributed by atoms with Crippen LogP contribution >= 0.6 is 11.8 Å². The van der Waals surface area contributed by atoms with Gasteiger partial charge in [0, 0.05) is 39.2 Å². The molecule has 248 valence electrons. The molecular formula is C36H38F4N4O2S. The molecule has 0 N–H and O–H groups in total. The molecule has 1 aliphatic carbocycles. The summed E-state index contributed by atoms with van der Waals surface area (Å²) in [5.41, 5.74) is -1.99. The average molecular weight is 679 g/mol. The van der Waals surface area contributed by atoms with Crippen molar-refractivity contribution in [2.75, 3.05) is 26.1 Å². The van der Waals surface area contributed by atoms with Crippen LogP contribution in [0.25, 0.3) is 11.1 Å². The van der Waals surface area contributed by atoms with E-state index in [1.54, 1.807) is 0 Å². The van der Waals surface area contributed by atoms with Crippen molar-refractivity contribution in [3.05, 3.63) is 117 Å². The van der Waals surface area contributed by atoms with Crippen molar-refractivity contribution in [2.45, 2.75) is 63.2 Å². The van der Waals surface area contributed by atoms with Crippen LogP contribution in [0.3, 0.4) is 0 Å². The maximum Gasteiger partial charge on any atom is 0.416 e. The van der Waals surface area contributed by atoms with E-state index in [1.807, 2.05) is 0 Å². The van der Waals surface area contributed by atoms with Gasteiger partial charge < -0.3 is 14.4 Å². The topological polar surface area (TPSA) is 58.4 Å². The molecule has 1 amide bonds. The Morgan fingerprint density at radius 2 is 1.60 bits per heavy atom. The van der Waals surface area contributed by atoms with E-state index in [-0.39, 0.29) is 47.7 Å². The van der Waals surface area contributed by atoms with Gasteiger partial charge in [-0.2, -0.15) is 18.2 Å². The van der Waals surface area contributed by atoms with E-state index in [0.29, 0.717) is 33.9 Å². The highest BCUT2D eigenvalue weighted by molar-refractivity contribution is 7.98. The highest BCUT2D eigenvalue weighted by atomic mass is 32.2. The fourth-order valence-corrected chi connectivity index (χ4v) is 5.61. The number of nitrogens with zero attached hydrogens (tertiary/aromatic N) is 4. The van der Waals surface area contributed by atoms with Crippen LogP contribution in [0.4, 0.5) is 17.6 Å². The van der Waals surface area contributed by atoms with Gasteiger partial charge in [-0.3, -0.25) is 9.59 Å². The standard InChI is InChI=1S/C36H38F4N4O2S/c1-3-42(4-2)20-21-43(22-25-8-12-27(13-9-25)28-14-16-29(17-15-28)36(38,39)40)33(45)23-44-32-7-5-6-31(32)34(46)41-35(44)47-24-26-10-18-30(37)19-11-26/h8-19H,3-7,20-24H2,1-2H3/i10D,11D,18D,19D,20D2,21D2,22D2,23D2. The zero-order valence-corrected chi connectivity index (χ0v) is 26.2. The highest BCUT2D eigenvalue weighted by Gasteiger charge is 2.30. The molecule has 4 aromatic rings. The maximum atomic E-state index is 14.9. The summed E-state index contributed by atoms with van der Waals surface area (Å²) in [7, 11) is 0. The number of thioether (sulfide) groups is 1. The van der Waals surface area contributed by atoms with Gasteiger partial charge >= 0.3 is 6.18 Å². The zero-order chi connectivity index (χ0) is 44.2. The summed E-state index contributed by atoms with van der Waals surface area (Å²) in [6.07, 6.45) is -4.20. The molecule has 0 bridgehead atoms. The lowest BCUT2D eigenvalue weighted by atomic mass is 10.0. The lowest BCUT2D eigenvalue weighted by Gasteiger charge is -2.28. The van der Waals surface area contributed by atoms with Crippen molar-refractivity contribution in [3.63, 3.8) is 0 Å². The van der Waals surface area contributed by atoms with Crippen LogP contribution < -0.4 is 5.56 Å². The molecule has 0 fully saturated rings. The second-order valence-corrected chi connectivity index (χ2v) is 11.2. The molecule has 6 nitrogen and oxygen atoms in total. The number of hydrogen-bond donors (Lipinski definition) is 0. The number of halogens is 4. The molecule has 5 rings (SSSR count). The summed E-state index contributed by atoms with van der Waals surface area (Å²) in [5, 5.41) is -0.552. The maximum absolute atomic E-state index is 14.9. The third-order valence-corrected chi connectivity index (χ3v) is 8.23. The summed E-state index contributed by atoms with van der Waals surface area (Å²) in [4.78, 5) is 32.9. The van der Waals surface area contributed by atoms with Crippen LogP contribution in [0.5, 0.6) is 0 Å². The molecule has 1 heterocycles. The molecule has 0 saturated heterocycles. The molecule has 0 aliphatic heterocycles. The second kappa shape index (κ2) is 15.3. The summed E-state index contributed by atoms with van der Waals surface area (Å²) >= 11 is 0.498. The van der Waals surface area contributed by atoms with Gasteiger partial charge in [-0.05, 0) is 78.8 Å². The highest BCUT2D eigenvalue weighted by Crippen LogP contribution is 2.31. The Labute approximate surface area is 293 Å². The van der Waals surface area contributed by atoms with E-state index in [9.17, 15) is 32.6 Å². The molecule has 11 heteroatoms. The second-order valence-electron chi connectivity index (χ2n) is 10.3. The summed E-state index contributed by atoms with van der Waals surface area (Å²) in [5.74, 6) is -3.90. The first-order chi connectivity index (χ1) is 27.3. The SMILES string of the molecule is [2H]c1c([2H])c(CSc2nc(=O)c3c(n2C([2H])([2H])C(=O)N(C([2H])([2H])c2ccc(-c4ccc(C(F)(F)F)cc4)cc2)C([2H])([2H])C([2H])([2H])N(CC)CC)CCC3)c([2H])c([2H])c1F. The van der Waals surface area contributed by atoms with Crippen LogP contribution in [0.15, 0.2) is 82.7 Å². The molecule has 0 radical (unpaired) electrons. The molecule has 0 saturated carbocycles. The first kappa shape index (κ1) is 21.8. The first-order valence-corrected chi connectivity index (χ1v) is 15.7. The number of fused-ring (bicyclic) bond motifs is 1. The van der Waals surface area contributed by atoms with Gasteiger partial charge in [0.1, 0.15) is 12.3 Å². The number of likely N-dealkylation sites (N-methyl/N-ethyl adjacent to an activating group) is 1. The van der Waals surface area contributed by atoms with Gasteiger partial charge in [0.2, 0.25) is 5.91 Å². The predicted octanol–water partition coefficient (Wildman–Crippen LogP) is 7.22. The van der Waals surface area contributed by atoms with Crippen molar-refractivity contribution in [1.82, 2.24) is 19.4 Å². The molecule has 3 aromatic carbocycles. The van der Waals surface area contributed by atoms with E-state index >= 15 is 0 Å². The minimum atomic E-state index is -4.60. The number of aromatic nitrogens is 2. The number of rotatable bonds is 13. The van der Waals surface area contributed by atoms with E-state index in [0.717, 1.165) is 29.2 Å². The lowest BCUT2D eigenvalue weighted by Crippen LogP contribution is -2.40. The van der Waals surface area contributed by atoms with Gasteiger partial charge in [-0.25, -0.2) is 4.39 Å².